The topological polar surface area (TPSA) is 147 Å². The summed E-state index contributed by atoms with van der Waals surface area (Å²) in [6, 6.07) is 3.59. The Bertz CT molecular complexity index is 1520. The first-order valence-electron chi connectivity index (χ1n) is 13.5. The molecule has 0 spiro atoms. The van der Waals surface area contributed by atoms with Crippen LogP contribution in [0.25, 0.3) is 11.3 Å². The predicted molar refractivity (Wildman–Crippen MR) is 149 cm³/mol. The molecule has 16 heteroatoms. The minimum atomic E-state index is -1.68. The summed E-state index contributed by atoms with van der Waals surface area (Å²) in [7, 11) is 0. The van der Waals surface area contributed by atoms with Crippen LogP contribution in [0, 0.1) is 17.5 Å². The molecule has 0 bridgehead atoms. The molecule has 2 fully saturated rings. The quantitative estimate of drug-likeness (QED) is 0.257. The molecule has 11 nitrogen and oxygen atoms in total. The molecule has 2 heterocycles. The zero-order chi connectivity index (χ0) is 31.9. The van der Waals surface area contributed by atoms with Crippen molar-refractivity contribution in [2.75, 3.05) is 11.5 Å². The lowest BCUT2D eigenvalue weighted by Gasteiger charge is -2.45. The van der Waals surface area contributed by atoms with Gasteiger partial charge in [0.05, 0.1) is 24.9 Å². The maximum absolute atomic E-state index is 14.4. The van der Waals surface area contributed by atoms with Crippen LogP contribution in [0.15, 0.2) is 36.5 Å². The molecule has 2 aromatic carbocycles. The van der Waals surface area contributed by atoms with Gasteiger partial charge in [0.1, 0.15) is 23.9 Å². The molecule has 1 aliphatic carbocycles. The minimum Gasteiger partial charge on any atom is -0.457 e. The third kappa shape index (κ3) is 6.28. The van der Waals surface area contributed by atoms with Crippen LogP contribution < -0.4 is 4.90 Å². The summed E-state index contributed by atoms with van der Waals surface area (Å²) >= 11 is 12.5. The first-order valence-corrected chi connectivity index (χ1v) is 14.3. The van der Waals surface area contributed by atoms with E-state index >= 15 is 0 Å². The standard InChI is InChI=1S/C28H27Cl2F3N4O7/c1-12(39)43-26-24(36-10-19(34-35-36)13-5-17(31)23(33)18(32)6-13)25(41)22(11-38)44-27(26)28(42)37(20-3-2-4-21(20)40)16-8-14(29)7-15(30)9-16/h5-10,20-22,24-27,38,40-41H,2-4,11H2,1H3/t20?,21-,22+,24-,25-,26+,27+/m0/s1. The Morgan fingerprint density at radius 1 is 1.09 bits per heavy atom. The van der Waals surface area contributed by atoms with Crippen LogP contribution in [0.1, 0.15) is 32.2 Å². The van der Waals surface area contributed by atoms with Crippen molar-refractivity contribution in [2.24, 2.45) is 0 Å². The molecule has 3 aromatic rings. The first kappa shape index (κ1) is 32.1. The Hall–Kier alpha value is -3.27. The number of amides is 1. The number of benzene rings is 2. The zero-order valence-electron chi connectivity index (χ0n) is 23.0. The van der Waals surface area contributed by atoms with Crippen molar-refractivity contribution in [2.45, 2.75) is 68.8 Å². The highest BCUT2D eigenvalue weighted by Gasteiger charge is 2.53. The number of hydrogen-bond acceptors (Lipinski definition) is 9. The van der Waals surface area contributed by atoms with E-state index in [-0.39, 0.29) is 27.0 Å². The van der Waals surface area contributed by atoms with Gasteiger partial charge in [0.15, 0.2) is 29.7 Å². The van der Waals surface area contributed by atoms with Crippen LogP contribution in [0.3, 0.4) is 0 Å². The van der Waals surface area contributed by atoms with E-state index in [1.807, 2.05) is 0 Å². The van der Waals surface area contributed by atoms with E-state index < -0.39 is 78.5 Å². The number of anilines is 1. The number of esters is 1. The SMILES string of the molecule is CC(=O)O[C@@H]1[C@@H](n2cc(-c3cc(F)c(F)c(F)c3)nn2)[C@@H](O)[C@@H](CO)O[C@H]1C(=O)N(c1cc(Cl)cc(Cl)c1)C1CCC[C@@H]1O. The molecule has 236 valence electrons. The zero-order valence-corrected chi connectivity index (χ0v) is 24.5. The molecule has 5 rings (SSSR count). The Morgan fingerprint density at radius 2 is 1.75 bits per heavy atom. The van der Waals surface area contributed by atoms with E-state index in [1.54, 1.807) is 0 Å². The Labute approximate surface area is 258 Å². The number of ether oxygens (including phenoxy) is 2. The number of nitrogens with zero attached hydrogens (tertiary/aromatic N) is 4. The van der Waals surface area contributed by atoms with Crippen LogP contribution in [0.4, 0.5) is 18.9 Å². The van der Waals surface area contributed by atoms with Crippen LogP contribution in [-0.2, 0) is 19.1 Å². The fraction of sp³-hybridized carbons (Fsp3) is 0.429. The molecule has 1 unspecified atom stereocenters. The third-order valence-electron chi connectivity index (χ3n) is 7.65. The smallest absolute Gasteiger partial charge is 0.303 e. The second-order valence-corrected chi connectivity index (χ2v) is 11.4. The average molecular weight is 659 g/mol. The average Bonchev–Trinajstić information content (AvgIpc) is 3.60. The van der Waals surface area contributed by atoms with Crippen LogP contribution >= 0.6 is 23.2 Å². The van der Waals surface area contributed by atoms with E-state index in [2.05, 4.69) is 10.3 Å². The fourth-order valence-electron chi connectivity index (χ4n) is 5.70. The fourth-order valence-corrected chi connectivity index (χ4v) is 6.21. The Morgan fingerprint density at radius 3 is 2.32 bits per heavy atom. The summed E-state index contributed by atoms with van der Waals surface area (Å²) in [6.07, 6.45) is -4.72. The van der Waals surface area contributed by atoms with Gasteiger partial charge in [-0.1, -0.05) is 28.4 Å². The van der Waals surface area contributed by atoms with Crippen LogP contribution in [0.5, 0.6) is 0 Å². The number of aliphatic hydroxyl groups is 3. The molecule has 1 aliphatic heterocycles. The van der Waals surface area contributed by atoms with Gasteiger partial charge < -0.3 is 29.7 Å². The second-order valence-electron chi connectivity index (χ2n) is 10.6. The number of carbonyl (C=O) groups excluding carboxylic acids is 2. The van der Waals surface area contributed by atoms with E-state index in [0.717, 1.165) is 17.8 Å². The molecular weight excluding hydrogens is 632 g/mol. The van der Waals surface area contributed by atoms with Gasteiger partial charge >= 0.3 is 5.97 Å². The van der Waals surface area contributed by atoms with Gasteiger partial charge in [0, 0.05) is 28.2 Å². The number of halogens is 5. The van der Waals surface area contributed by atoms with E-state index in [4.69, 9.17) is 32.7 Å². The molecule has 44 heavy (non-hydrogen) atoms. The second kappa shape index (κ2) is 13.0. The van der Waals surface area contributed by atoms with Crippen molar-refractivity contribution >= 4 is 40.8 Å². The summed E-state index contributed by atoms with van der Waals surface area (Å²) in [6.45, 7) is 0.286. The summed E-state index contributed by atoms with van der Waals surface area (Å²) in [5, 5.41) is 40.3. The summed E-state index contributed by atoms with van der Waals surface area (Å²) in [5.74, 6) is -6.29. The van der Waals surface area contributed by atoms with E-state index in [9.17, 15) is 38.1 Å². The van der Waals surface area contributed by atoms with Gasteiger partial charge in [-0.2, -0.15) is 0 Å². The van der Waals surface area contributed by atoms with Crippen LogP contribution in [0.2, 0.25) is 10.0 Å². The van der Waals surface area contributed by atoms with Gasteiger partial charge in [-0.3, -0.25) is 9.59 Å². The lowest BCUT2D eigenvalue weighted by atomic mass is 9.91. The van der Waals surface area contributed by atoms with Crippen molar-refractivity contribution in [3.8, 4) is 11.3 Å². The minimum absolute atomic E-state index is 0.143. The monoisotopic (exact) mass is 658 g/mol. The van der Waals surface area contributed by atoms with Gasteiger partial charge in [-0.15, -0.1) is 5.10 Å². The largest absolute Gasteiger partial charge is 0.457 e. The van der Waals surface area contributed by atoms with Crippen molar-refractivity contribution < 1.29 is 47.6 Å². The first-order chi connectivity index (χ1) is 20.9. The summed E-state index contributed by atoms with van der Waals surface area (Å²) in [5.41, 5.74) is -0.116. The third-order valence-corrected chi connectivity index (χ3v) is 8.08. The normalized spacial score (nSPS) is 26.9. The lowest BCUT2D eigenvalue weighted by molar-refractivity contribution is -0.216. The maximum Gasteiger partial charge on any atom is 0.303 e. The summed E-state index contributed by atoms with van der Waals surface area (Å²) in [4.78, 5) is 28.0. The lowest BCUT2D eigenvalue weighted by Crippen LogP contribution is -2.63. The molecule has 2 aliphatic rings. The van der Waals surface area contributed by atoms with Crippen molar-refractivity contribution in [3.05, 3.63) is 64.0 Å². The van der Waals surface area contributed by atoms with Crippen molar-refractivity contribution in [1.29, 1.82) is 0 Å². The predicted octanol–water partition coefficient (Wildman–Crippen LogP) is 3.21. The highest BCUT2D eigenvalue weighted by Crippen LogP contribution is 2.38. The number of rotatable bonds is 7. The van der Waals surface area contributed by atoms with Gasteiger partial charge in [-0.25, -0.2) is 17.9 Å². The van der Waals surface area contributed by atoms with E-state index in [1.165, 1.54) is 23.1 Å². The highest BCUT2D eigenvalue weighted by molar-refractivity contribution is 6.35. The van der Waals surface area contributed by atoms with Gasteiger partial charge in [0.25, 0.3) is 5.91 Å². The molecule has 1 saturated carbocycles. The summed E-state index contributed by atoms with van der Waals surface area (Å²) < 4.78 is 53.8. The molecule has 1 amide bonds. The molecule has 3 N–H and O–H groups in total. The highest BCUT2D eigenvalue weighted by atomic mass is 35.5. The number of hydrogen-bond donors (Lipinski definition) is 3. The molecule has 1 saturated heterocycles. The maximum atomic E-state index is 14.4. The van der Waals surface area contributed by atoms with E-state index in [0.29, 0.717) is 31.4 Å². The molecule has 1 aromatic heterocycles. The number of carbonyl (C=O) groups is 2. The number of aliphatic hydroxyl groups excluding tert-OH is 3. The van der Waals surface area contributed by atoms with Gasteiger partial charge in [-0.05, 0) is 49.6 Å². The molecular formula is C28H27Cl2F3N4O7. The van der Waals surface area contributed by atoms with Crippen molar-refractivity contribution in [1.82, 2.24) is 15.0 Å². The van der Waals surface area contributed by atoms with Gasteiger partial charge in [0.2, 0.25) is 0 Å². The molecule has 7 atom stereocenters. The Kier molecular flexibility index (Phi) is 9.49. The number of aromatic nitrogens is 3. The van der Waals surface area contributed by atoms with Crippen molar-refractivity contribution in [3.63, 3.8) is 0 Å². The van der Waals surface area contributed by atoms with Crippen LogP contribution in [-0.4, -0.2) is 85.4 Å². The molecule has 0 radical (unpaired) electrons. The Balaban J connectivity index is 1.59.